The minimum atomic E-state index is 0.174. The Bertz CT molecular complexity index is 452. The van der Waals surface area contributed by atoms with Gasteiger partial charge in [-0.1, -0.05) is 31.5 Å². The highest BCUT2D eigenvalue weighted by molar-refractivity contribution is 9.10. The highest BCUT2D eigenvalue weighted by atomic mass is 79.9. The molecule has 1 aliphatic heterocycles. The number of halogens is 2. The third-order valence-electron chi connectivity index (χ3n) is 4.22. The van der Waals surface area contributed by atoms with Crippen molar-refractivity contribution in [1.29, 1.82) is 0 Å². The zero-order valence-electron chi connectivity index (χ0n) is 11.8. The molecule has 1 aliphatic rings. The van der Waals surface area contributed by atoms with Crippen LogP contribution in [0.4, 0.5) is 5.69 Å². The quantitative estimate of drug-likeness (QED) is 0.870. The van der Waals surface area contributed by atoms with E-state index >= 15 is 0 Å². The van der Waals surface area contributed by atoms with E-state index in [4.69, 9.17) is 11.6 Å². The lowest BCUT2D eigenvalue weighted by Gasteiger charge is -2.47. The minimum absolute atomic E-state index is 0.174. The van der Waals surface area contributed by atoms with E-state index < -0.39 is 0 Å². The monoisotopic (exact) mass is 344 g/mol. The summed E-state index contributed by atoms with van der Waals surface area (Å²) in [5.74, 6) is 0. The van der Waals surface area contributed by atoms with Gasteiger partial charge in [0.2, 0.25) is 0 Å². The van der Waals surface area contributed by atoms with Gasteiger partial charge in [0.05, 0.1) is 15.2 Å². The molecule has 1 heterocycles. The lowest BCUT2D eigenvalue weighted by Crippen LogP contribution is -2.62. The Morgan fingerprint density at radius 2 is 2.21 bits per heavy atom. The van der Waals surface area contributed by atoms with Crippen molar-refractivity contribution >= 4 is 33.2 Å². The molecule has 1 fully saturated rings. The lowest BCUT2D eigenvalue weighted by molar-refractivity contribution is 0.276. The van der Waals surface area contributed by atoms with Gasteiger partial charge < -0.3 is 10.2 Å². The van der Waals surface area contributed by atoms with E-state index in [1.54, 1.807) is 0 Å². The predicted octanol–water partition coefficient (Wildman–Crippen LogP) is 4.46. The molecular weight excluding hydrogens is 324 g/mol. The Balaban J connectivity index is 2.35. The van der Waals surface area contributed by atoms with Crippen molar-refractivity contribution in [3.63, 3.8) is 0 Å². The fraction of sp³-hybridized carbons (Fsp3) is 0.600. The van der Waals surface area contributed by atoms with Crippen molar-refractivity contribution in [2.24, 2.45) is 0 Å². The number of nitrogens with one attached hydrogen (secondary N) is 1. The number of piperazine rings is 1. The Hall–Kier alpha value is -0.250. The molecule has 1 saturated heterocycles. The summed E-state index contributed by atoms with van der Waals surface area (Å²) in [5, 5.41) is 4.47. The van der Waals surface area contributed by atoms with E-state index in [1.165, 1.54) is 5.69 Å². The SMILES string of the molecule is CCC1CNC(C)(CC)CN1c1cccc(Cl)c1Br. The molecule has 0 spiro atoms. The molecule has 0 bridgehead atoms. The van der Waals surface area contributed by atoms with Gasteiger partial charge in [0.25, 0.3) is 0 Å². The van der Waals surface area contributed by atoms with Crippen molar-refractivity contribution < 1.29 is 0 Å². The standard InChI is InChI=1S/C15H22BrClN2/c1-4-11-9-18-15(3,5-2)10-19(11)13-8-6-7-12(17)14(13)16/h6-8,11,18H,4-5,9-10H2,1-3H3. The van der Waals surface area contributed by atoms with Crippen LogP contribution in [0.15, 0.2) is 22.7 Å². The highest BCUT2D eigenvalue weighted by Crippen LogP contribution is 2.36. The summed E-state index contributed by atoms with van der Waals surface area (Å²) in [5.41, 5.74) is 1.38. The third kappa shape index (κ3) is 3.09. The average molecular weight is 346 g/mol. The van der Waals surface area contributed by atoms with Crippen LogP contribution >= 0.6 is 27.5 Å². The van der Waals surface area contributed by atoms with Crippen molar-refractivity contribution in [2.45, 2.75) is 45.2 Å². The Kier molecular flexibility index (Phi) is 4.80. The summed E-state index contributed by atoms with van der Waals surface area (Å²) in [4.78, 5) is 2.50. The van der Waals surface area contributed by atoms with Crippen LogP contribution in [-0.2, 0) is 0 Å². The molecule has 0 radical (unpaired) electrons. The van der Waals surface area contributed by atoms with Crippen molar-refractivity contribution in [3.05, 3.63) is 27.7 Å². The van der Waals surface area contributed by atoms with Crippen LogP contribution in [0, 0.1) is 0 Å². The summed E-state index contributed by atoms with van der Waals surface area (Å²) in [7, 11) is 0. The van der Waals surface area contributed by atoms with Gasteiger partial charge in [-0.05, 0) is 47.8 Å². The van der Waals surface area contributed by atoms with Gasteiger partial charge in [-0.25, -0.2) is 0 Å². The molecule has 1 aromatic carbocycles. The highest BCUT2D eigenvalue weighted by Gasteiger charge is 2.34. The second-order valence-electron chi connectivity index (χ2n) is 5.56. The fourth-order valence-corrected chi connectivity index (χ4v) is 3.29. The van der Waals surface area contributed by atoms with E-state index in [2.05, 4.69) is 53.0 Å². The summed E-state index contributed by atoms with van der Waals surface area (Å²) in [6, 6.07) is 6.63. The third-order valence-corrected chi connectivity index (χ3v) is 5.59. The van der Waals surface area contributed by atoms with Crippen LogP contribution in [-0.4, -0.2) is 24.7 Å². The van der Waals surface area contributed by atoms with Gasteiger partial charge >= 0.3 is 0 Å². The van der Waals surface area contributed by atoms with Crippen molar-refractivity contribution in [3.8, 4) is 0 Å². The van der Waals surface area contributed by atoms with Gasteiger partial charge in [0, 0.05) is 24.7 Å². The summed E-state index contributed by atoms with van der Waals surface area (Å²) >= 11 is 9.88. The van der Waals surface area contributed by atoms with E-state index in [9.17, 15) is 0 Å². The molecular formula is C15H22BrClN2. The molecule has 4 heteroatoms. The molecule has 2 atom stereocenters. The van der Waals surface area contributed by atoms with Crippen molar-refractivity contribution in [1.82, 2.24) is 5.32 Å². The van der Waals surface area contributed by atoms with Crippen LogP contribution in [0.1, 0.15) is 33.6 Å². The molecule has 2 unspecified atom stereocenters. The maximum absolute atomic E-state index is 6.24. The first-order valence-corrected chi connectivity index (χ1v) is 8.13. The molecule has 1 aromatic rings. The van der Waals surface area contributed by atoms with Gasteiger partial charge in [-0.2, -0.15) is 0 Å². The molecule has 0 amide bonds. The Labute approximate surface area is 129 Å². The first kappa shape index (κ1) is 15.1. The average Bonchev–Trinajstić information content (AvgIpc) is 2.42. The van der Waals surface area contributed by atoms with E-state index in [-0.39, 0.29) is 5.54 Å². The largest absolute Gasteiger partial charge is 0.364 e. The van der Waals surface area contributed by atoms with Crippen LogP contribution in [0.3, 0.4) is 0 Å². The van der Waals surface area contributed by atoms with Gasteiger partial charge in [0.15, 0.2) is 0 Å². The molecule has 0 aliphatic carbocycles. The Morgan fingerprint density at radius 3 is 2.84 bits per heavy atom. The predicted molar refractivity (Wildman–Crippen MR) is 87.3 cm³/mol. The van der Waals surface area contributed by atoms with Crippen LogP contribution in [0.5, 0.6) is 0 Å². The smallest absolute Gasteiger partial charge is 0.0595 e. The van der Waals surface area contributed by atoms with E-state index in [1.807, 2.05) is 12.1 Å². The number of anilines is 1. The maximum Gasteiger partial charge on any atom is 0.0595 e. The topological polar surface area (TPSA) is 15.3 Å². The number of hydrogen-bond donors (Lipinski definition) is 1. The lowest BCUT2D eigenvalue weighted by atomic mass is 9.92. The molecule has 2 rings (SSSR count). The number of nitrogens with zero attached hydrogens (tertiary/aromatic N) is 1. The van der Waals surface area contributed by atoms with E-state index in [0.29, 0.717) is 6.04 Å². The summed E-state index contributed by atoms with van der Waals surface area (Å²) in [6.07, 6.45) is 2.25. The van der Waals surface area contributed by atoms with Gasteiger partial charge in [-0.3, -0.25) is 0 Å². The number of hydrogen-bond acceptors (Lipinski definition) is 2. The first-order valence-electron chi connectivity index (χ1n) is 6.96. The second-order valence-corrected chi connectivity index (χ2v) is 6.76. The molecule has 0 aromatic heterocycles. The Morgan fingerprint density at radius 1 is 1.47 bits per heavy atom. The molecule has 1 N–H and O–H groups in total. The van der Waals surface area contributed by atoms with Crippen molar-refractivity contribution in [2.75, 3.05) is 18.0 Å². The minimum Gasteiger partial charge on any atom is -0.364 e. The van der Waals surface area contributed by atoms with Crippen LogP contribution in [0.2, 0.25) is 5.02 Å². The second kappa shape index (κ2) is 6.02. The normalized spacial score (nSPS) is 27.6. The summed E-state index contributed by atoms with van der Waals surface area (Å²) in [6.45, 7) is 8.82. The molecule has 2 nitrogen and oxygen atoms in total. The number of rotatable bonds is 3. The fourth-order valence-electron chi connectivity index (χ4n) is 2.63. The molecule has 19 heavy (non-hydrogen) atoms. The molecule has 0 saturated carbocycles. The zero-order valence-corrected chi connectivity index (χ0v) is 14.2. The van der Waals surface area contributed by atoms with Gasteiger partial charge in [0.1, 0.15) is 0 Å². The zero-order chi connectivity index (χ0) is 14.0. The maximum atomic E-state index is 6.24. The van der Waals surface area contributed by atoms with Crippen LogP contribution in [0.25, 0.3) is 0 Å². The van der Waals surface area contributed by atoms with E-state index in [0.717, 1.165) is 35.4 Å². The summed E-state index contributed by atoms with van der Waals surface area (Å²) < 4.78 is 1.01. The van der Waals surface area contributed by atoms with Gasteiger partial charge in [-0.15, -0.1) is 0 Å². The first-order chi connectivity index (χ1) is 9.00. The number of benzene rings is 1. The molecule has 106 valence electrons. The van der Waals surface area contributed by atoms with Crippen LogP contribution < -0.4 is 10.2 Å².